The van der Waals surface area contributed by atoms with Gasteiger partial charge >= 0.3 is 0 Å². The Morgan fingerprint density at radius 1 is 1.31 bits per heavy atom. The van der Waals surface area contributed by atoms with E-state index in [9.17, 15) is 5.11 Å². The third-order valence-electron chi connectivity index (χ3n) is 2.90. The maximum Gasteiger partial charge on any atom is 0.0758 e. The van der Waals surface area contributed by atoms with Crippen molar-refractivity contribution in [2.75, 3.05) is 25.0 Å². The third-order valence-corrected chi connectivity index (χ3v) is 2.90. The Balaban J connectivity index is 2.53. The van der Waals surface area contributed by atoms with E-state index in [0.29, 0.717) is 13.0 Å². The predicted molar refractivity (Wildman–Crippen MR) is 68.7 cm³/mol. The van der Waals surface area contributed by atoms with E-state index in [1.165, 1.54) is 11.3 Å². The van der Waals surface area contributed by atoms with Crippen molar-refractivity contribution in [2.24, 2.45) is 5.73 Å². The van der Waals surface area contributed by atoms with Gasteiger partial charge in [0.2, 0.25) is 0 Å². The van der Waals surface area contributed by atoms with Crippen molar-refractivity contribution in [3.8, 4) is 0 Å². The van der Waals surface area contributed by atoms with Gasteiger partial charge in [0.1, 0.15) is 0 Å². The highest BCUT2D eigenvalue weighted by molar-refractivity contribution is 5.46. The molecule has 0 bridgehead atoms. The van der Waals surface area contributed by atoms with E-state index in [1.807, 2.05) is 7.05 Å². The number of nitrogens with two attached hydrogens (primary N) is 1. The smallest absolute Gasteiger partial charge is 0.0758 e. The standard InChI is InChI=1S/C13H22N2O/c1-11-4-6-12(7-5-11)15(3)9-8-13(2,16)10-14/h4-7,16H,8-10,14H2,1-3H3. The summed E-state index contributed by atoms with van der Waals surface area (Å²) in [5.74, 6) is 0. The van der Waals surface area contributed by atoms with Crippen LogP contribution in [0.2, 0.25) is 0 Å². The number of aliphatic hydroxyl groups is 1. The first-order valence-corrected chi connectivity index (χ1v) is 5.65. The largest absolute Gasteiger partial charge is 0.389 e. The first-order valence-electron chi connectivity index (χ1n) is 5.65. The van der Waals surface area contributed by atoms with E-state index in [4.69, 9.17) is 5.73 Å². The molecule has 0 aromatic heterocycles. The number of benzene rings is 1. The van der Waals surface area contributed by atoms with Crippen LogP contribution in [0, 0.1) is 6.92 Å². The van der Waals surface area contributed by atoms with Crippen LogP contribution >= 0.6 is 0 Å². The molecule has 16 heavy (non-hydrogen) atoms. The SMILES string of the molecule is Cc1ccc(N(C)CCC(C)(O)CN)cc1. The van der Waals surface area contributed by atoms with Crippen LogP contribution < -0.4 is 10.6 Å². The fourth-order valence-electron chi connectivity index (χ4n) is 1.44. The summed E-state index contributed by atoms with van der Waals surface area (Å²) in [6.07, 6.45) is 0.674. The van der Waals surface area contributed by atoms with Crippen molar-refractivity contribution in [3.63, 3.8) is 0 Å². The molecule has 0 aliphatic rings. The van der Waals surface area contributed by atoms with E-state index in [2.05, 4.69) is 36.1 Å². The zero-order chi connectivity index (χ0) is 12.2. The number of nitrogens with zero attached hydrogens (tertiary/aromatic N) is 1. The van der Waals surface area contributed by atoms with Crippen molar-refractivity contribution < 1.29 is 5.11 Å². The van der Waals surface area contributed by atoms with E-state index in [1.54, 1.807) is 6.92 Å². The van der Waals surface area contributed by atoms with Crippen molar-refractivity contribution in [1.82, 2.24) is 0 Å². The van der Waals surface area contributed by atoms with E-state index >= 15 is 0 Å². The Kier molecular flexibility index (Phi) is 4.33. The summed E-state index contributed by atoms with van der Waals surface area (Å²) >= 11 is 0. The topological polar surface area (TPSA) is 49.5 Å². The van der Waals surface area contributed by atoms with Gasteiger partial charge in [-0.2, -0.15) is 0 Å². The highest BCUT2D eigenvalue weighted by atomic mass is 16.3. The monoisotopic (exact) mass is 222 g/mol. The van der Waals surface area contributed by atoms with E-state index < -0.39 is 5.60 Å². The molecular weight excluding hydrogens is 200 g/mol. The first kappa shape index (κ1) is 13.0. The van der Waals surface area contributed by atoms with Crippen LogP contribution in [0.1, 0.15) is 18.9 Å². The zero-order valence-corrected chi connectivity index (χ0v) is 10.4. The van der Waals surface area contributed by atoms with Crippen LogP contribution in [-0.4, -0.2) is 30.8 Å². The summed E-state index contributed by atoms with van der Waals surface area (Å²) in [6.45, 7) is 4.95. The Morgan fingerprint density at radius 3 is 2.38 bits per heavy atom. The van der Waals surface area contributed by atoms with Gasteiger partial charge in [-0.3, -0.25) is 0 Å². The minimum atomic E-state index is -0.765. The van der Waals surface area contributed by atoms with Crippen molar-refractivity contribution in [1.29, 1.82) is 0 Å². The number of anilines is 1. The number of hydrogen-bond acceptors (Lipinski definition) is 3. The van der Waals surface area contributed by atoms with Crippen LogP contribution in [0.4, 0.5) is 5.69 Å². The van der Waals surface area contributed by atoms with E-state index in [-0.39, 0.29) is 0 Å². The molecule has 0 fully saturated rings. The minimum absolute atomic E-state index is 0.300. The first-order chi connectivity index (χ1) is 7.44. The maximum absolute atomic E-state index is 9.81. The molecule has 0 aliphatic heterocycles. The molecule has 0 aliphatic carbocycles. The predicted octanol–water partition coefficient (Wildman–Crippen LogP) is 1.53. The highest BCUT2D eigenvalue weighted by Gasteiger charge is 2.18. The molecule has 1 rings (SSSR count). The fourth-order valence-corrected chi connectivity index (χ4v) is 1.44. The van der Waals surface area contributed by atoms with Gasteiger partial charge in [-0.05, 0) is 32.4 Å². The lowest BCUT2D eigenvalue weighted by molar-refractivity contribution is 0.0623. The number of aryl methyl sites for hydroxylation is 1. The Labute approximate surface area is 97.9 Å². The average molecular weight is 222 g/mol. The molecule has 3 nitrogen and oxygen atoms in total. The maximum atomic E-state index is 9.81. The normalized spacial score (nSPS) is 14.6. The van der Waals surface area contributed by atoms with Gasteiger partial charge in [0, 0.05) is 25.8 Å². The molecule has 0 amide bonds. The summed E-state index contributed by atoms with van der Waals surface area (Å²) in [5.41, 5.74) is 7.14. The summed E-state index contributed by atoms with van der Waals surface area (Å²) in [5, 5.41) is 9.81. The summed E-state index contributed by atoms with van der Waals surface area (Å²) < 4.78 is 0. The molecule has 1 aromatic carbocycles. The number of hydrogen-bond donors (Lipinski definition) is 2. The van der Waals surface area contributed by atoms with Crippen LogP contribution in [0.3, 0.4) is 0 Å². The lowest BCUT2D eigenvalue weighted by atomic mass is 10.0. The average Bonchev–Trinajstić information content (AvgIpc) is 2.27. The Bertz CT molecular complexity index is 319. The molecular formula is C13H22N2O. The van der Waals surface area contributed by atoms with Gasteiger partial charge in [-0.25, -0.2) is 0 Å². The second-order valence-electron chi connectivity index (χ2n) is 4.71. The highest BCUT2D eigenvalue weighted by Crippen LogP contribution is 2.15. The van der Waals surface area contributed by atoms with Crippen LogP contribution in [0.5, 0.6) is 0 Å². The second-order valence-corrected chi connectivity index (χ2v) is 4.71. The van der Waals surface area contributed by atoms with Crippen LogP contribution in [0.25, 0.3) is 0 Å². The number of rotatable bonds is 5. The van der Waals surface area contributed by atoms with Gasteiger partial charge < -0.3 is 15.7 Å². The molecule has 0 radical (unpaired) electrons. The summed E-state index contributed by atoms with van der Waals surface area (Å²) in [6, 6.07) is 8.36. The molecule has 1 unspecified atom stereocenters. The molecule has 0 spiro atoms. The van der Waals surface area contributed by atoms with Gasteiger partial charge in [-0.15, -0.1) is 0 Å². The minimum Gasteiger partial charge on any atom is -0.389 e. The van der Waals surface area contributed by atoms with Crippen molar-refractivity contribution in [3.05, 3.63) is 29.8 Å². The lowest BCUT2D eigenvalue weighted by Gasteiger charge is -2.26. The third kappa shape index (κ3) is 3.83. The summed E-state index contributed by atoms with van der Waals surface area (Å²) in [7, 11) is 2.03. The van der Waals surface area contributed by atoms with Crippen LogP contribution in [0.15, 0.2) is 24.3 Å². The zero-order valence-electron chi connectivity index (χ0n) is 10.4. The quantitative estimate of drug-likeness (QED) is 0.794. The Morgan fingerprint density at radius 2 is 1.88 bits per heavy atom. The van der Waals surface area contributed by atoms with Crippen molar-refractivity contribution >= 4 is 5.69 Å². The fraction of sp³-hybridized carbons (Fsp3) is 0.538. The van der Waals surface area contributed by atoms with E-state index in [0.717, 1.165) is 6.54 Å². The molecule has 0 saturated carbocycles. The van der Waals surface area contributed by atoms with Gasteiger partial charge in [-0.1, -0.05) is 17.7 Å². The lowest BCUT2D eigenvalue weighted by Crippen LogP contribution is -2.37. The molecule has 1 atom stereocenters. The second kappa shape index (κ2) is 5.32. The molecule has 0 heterocycles. The Hall–Kier alpha value is -1.06. The van der Waals surface area contributed by atoms with Gasteiger partial charge in [0.25, 0.3) is 0 Å². The summed E-state index contributed by atoms with van der Waals surface area (Å²) in [4.78, 5) is 2.13. The molecule has 3 N–H and O–H groups in total. The molecule has 90 valence electrons. The van der Waals surface area contributed by atoms with Crippen molar-refractivity contribution in [2.45, 2.75) is 25.9 Å². The van der Waals surface area contributed by atoms with Gasteiger partial charge in [0.15, 0.2) is 0 Å². The molecule has 0 saturated heterocycles. The molecule has 1 aromatic rings. The van der Waals surface area contributed by atoms with Crippen LogP contribution in [-0.2, 0) is 0 Å². The van der Waals surface area contributed by atoms with Gasteiger partial charge in [0.05, 0.1) is 5.60 Å². The molecule has 3 heteroatoms.